The maximum absolute atomic E-state index is 13.0. The van der Waals surface area contributed by atoms with Gasteiger partial charge in [0.1, 0.15) is 0 Å². The van der Waals surface area contributed by atoms with Crippen LogP contribution in [0.25, 0.3) is 0 Å². The lowest BCUT2D eigenvalue weighted by Gasteiger charge is -2.38. The van der Waals surface area contributed by atoms with Crippen LogP contribution in [-0.2, 0) is 6.18 Å². The molecule has 2 aromatic rings. The summed E-state index contributed by atoms with van der Waals surface area (Å²) in [6.45, 7) is 0. The molecule has 1 amide bonds. The average molecular weight is 389 g/mol. The molecule has 1 aromatic carbocycles. The molecule has 1 aliphatic rings. The molecule has 1 heterocycles. The van der Waals surface area contributed by atoms with Crippen LogP contribution in [0.3, 0.4) is 0 Å². The minimum absolute atomic E-state index is 0.0558. The van der Waals surface area contributed by atoms with Crippen molar-refractivity contribution >= 4 is 29.1 Å². The van der Waals surface area contributed by atoms with Gasteiger partial charge in [0.2, 0.25) is 0 Å². The average Bonchev–Trinajstić information content (AvgIpc) is 2.53. The summed E-state index contributed by atoms with van der Waals surface area (Å²) in [6.07, 6.45) is -2.23. The van der Waals surface area contributed by atoms with Gasteiger partial charge < -0.3 is 5.32 Å². The molecule has 0 spiro atoms. The zero-order chi connectivity index (χ0) is 18.2. The minimum Gasteiger partial charge on any atom is -0.349 e. The fourth-order valence-electron chi connectivity index (χ4n) is 2.91. The first-order valence-corrected chi connectivity index (χ1v) is 8.31. The zero-order valence-corrected chi connectivity index (χ0v) is 14.3. The first-order chi connectivity index (χ1) is 11.8. The minimum atomic E-state index is -4.69. The van der Waals surface area contributed by atoms with Crippen molar-refractivity contribution in [2.45, 2.75) is 31.0 Å². The molecular weight excluding hydrogens is 376 g/mol. The Bertz CT molecular complexity index is 811. The predicted molar refractivity (Wildman–Crippen MR) is 88.9 cm³/mol. The van der Waals surface area contributed by atoms with Gasteiger partial charge in [-0.15, -0.1) is 0 Å². The fraction of sp³-hybridized carbons (Fsp3) is 0.294. The van der Waals surface area contributed by atoms with Crippen LogP contribution in [0.2, 0.25) is 10.0 Å². The van der Waals surface area contributed by atoms with Crippen LogP contribution in [0.4, 0.5) is 13.2 Å². The number of nitrogens with zero attached hydrogens (tertiary/aromatic N) is 1. The van der Waals surface area contributed by atoms with Crippen molar-refractivity contribution in [2.75, 3.05) is 0 Å². The predicted octanol–water partition coefficient (Wildman–Crippen LogP) is 5.08. The van der Waals surface area contributed by atoms with E-state index < -0.39 is 23.3 Å². The number of benzene rings is 1. The van der Waals surface area contributed by atoms with Gasteiger partial charge in [-0.3, -0.25) is 9.78 Å². The number of aromatic nitrogens is 1. The second-order valence-corrected chi connectivity index (χ2v) is 6.67. The van der Waals surface area contributed by atoms with E-state index in [1.165, 1.54) is 6.07 Å². The summed E-state index contributed by atoms with van der Waals surface area (Å²) < 4.78 is 39.0. The Balaban J connectivity index is 1.78. The van der Waals surface area contributed by atoms with Gasteiger partial charge in [-0.2, -0.15) is 13.2 Å². The second kappa shape index (κ2) is 6.84. The Labute approximate surface area is 152 Å². The number of hydrogen-bond donors (Lipinski definition) is 1. The molecule has 132 valence electrons. The number of alkyl halides is 3. The Hall–Kier alpha value is -1.79. The van der Waals surface area contributed by atoms with Gasteiger partial charge in [0.25, 0.3) is 5.91 Å². The van der Waals surface area contributed by atoms with Gasteiger partial charge in [0, 0.05) is 28.2 Å². The highest BCUT2D eigenvalue weighted by Crippen LogP contribution is 2.41. The number of pyridine rings is 1. The van der Waals surface area contributed by atoms with Crippen molar-refractivity contribution in [1.29, 1.82) is 0 Å². The van der Waals surface area contributed by atoms with E-state index >= 15 is 0 Å². The summed E-state index contributed by atoms with van der Waals surface area (Å²) in [6, 6.07) is 7.22. The van der Waals surface area contributed by atoms with E-state index in [9.17, 15) is 18.0 Å². The molecule has 3 nitrogen and oxygen atoms in total. The van der Waals surface area contributed by atoms with Crippen molar-refractivity contribution < 1.29 is 18.0 Å². The third kappa shape index (κ3) is 3.75. The van der Waals surface area contributed by atoms with Gasteiger partial charge in [0.15, 0.2) is 5.69 Å². The number of halogens is 5. The Morgan fingerprint density at radius 2 is 1.96 bits per heavy atom. The standard InChI is InChI=1S/C17H13Cl2F3N2O/c18-9-3-4-10(13(19)8-9)11-5-6-14(11)24-16(25)12-2-1-7-23-15(12)17(20,21)22/h1-4,7-8,11,14H,5-6H2,(H,24,25)/t11-,14?/m0/s1. The molecule has 25 heavy (non-hydrogen) atoms. The number of amides is 1. The third-order valence-corrected chi connectivity index (χ3v) is 4.84. The molecule has 0 bridgehead atoms. The van der Waals surface area contributed by atoms with E-state index in [1.54, 1.807) is 18.2 Å². The highest BCUT2D eigenvalue weighted by Gasteiger charge is 2.39. The SMILES string of the molecule is O=C(NC1CC[C@H]1c1ccc(Cl)cc1Cl)c1cccnc1C(F)(F)F. The fourth-order valence-corrected chi connectivity index (χ4v) is 3.46. The number of rotatable bonds is 3. The van der Waals surface area contributed by atoms with Gasteiger partial charge in [-0.1, -0.05) is 29.3 Å². The summed E-state index contributed by atoms with van der Waals surface area (Å²) in [7, 11) is 0. The smallest absolute Gasteiger partial charge is 0.349 e. The van der Waals surface area contributed by atoms with E-state index in [2.05, 4.69) is 10.3 Å². The van der Waals surface area contributed by atoms with Crippen molar-refractivity contribution in [2.24, 2.45) is 0 Å². The van der Waals surface area contributed by atoms with Crippen LogP contribution in [0, 0.1) is 0 Å². The van der Waals surface area contributed by atoms with Crippen molar-refractivity contribution in [3.05, 3.63) is 63.4 Å². The van der Waals surface area contributed by atoms with Crippen molar-refractivity contribution in [3.63, 3.8) is 0 Å². The Kier molecular flexibility index (Phi) is 4.93. The van der Waals surface area contributed by atoms with E-state index in [1.807, 2.05) is 0 Å². The van der Waals surface area contributed by atoms with Gasteiger partial charge >= 0.3 is 6.18 Å². The monoisotopic (exact) mass is 388 g/mol. The zero-order valence-electron chi connectivity index (χ0n) is 12.8. The summed E-state index contributed by atoms with van der Waals surface area (Å²) >= 11 is 12.1. The molecule has 1 N–H and O–H groups in total. The molecule has 3 rings (SSSR count). The van der Waals surface area contributed by atoms with Crippen LogP contribution in [0.15, 0.2) is 36.5 Å². The molecule has 2 atom stereocenters. The topological polar surface area (TPSA) is 42.0 Å². The molecule has 8 heteroatoms. The molecule has 1 aromatic heterocycles. The number of nitrogens with one attached hydrogen (secondary N) is 1. The molecule has 0 radical (unpaired) electrons. The maximum atomic E-state index is 13.0. The maximum Gasteiger partial charge on any atom is 0.434 e. The quantitative estimate of drug-likeness (QED) is 0.795. The van der Waals surface area contributed by atoms with Crippen LogP contribution < -0.4 is 5.32 Å². The largest absolute Gasteiger partial charge is 0.434 e. The number of hydrogen-bond acceptors (Lipinski definition) is 2. The molecular formula is C17H13Cl2F3N2O. The van der Waals surface area contributed by atoms with Crippen molar-refractivity contribution in [1.82, 2.24) is 10.3 Å². The van der Waals surface area contributed by atoms with Gasteiger partial charge in [0.05, 0.1) is 5.56 Å². The van der Waals surface area contributed by atoms with Crippen LogP contribution in [0.5, 0.6) is 0 Å². The molecule has 0 saturated heterocycles. The van der Waals surface area contributed by atoms with Crippen molar-refractivity contribution in [3.8, 4) is 0 Å². The first kappa shape index (κ1) is 18.0. The first-order valence-electron chi connectivity index (χ1n) is 7.55. The van der Waals surface area contributed by atoms with Gasteiger partial charge in [-0.05, 0) is 42.7 Å². The molecule has 1 fully saturated rings. The van der Waals surface area contributed by atoms with Crippen LogP contribution in [-0.4, -0.2) is 16.9 Å². The van der Waals surface area contributed by atoms with E-state index in [4.69, 9.17) is 23.2 Å². The lowest BCUT2D eigenvalue weighted by Crippen LogP contribution is -2.46. The lowest BCUT2D eigenvalue weighted by molar-refractivity contribution is -0.141. The summed E-state index contributed by atoms with van der Waals surface area (Å²) in [5.74, 6) is -0.847. The summed E-state index contributed by atoms with van der Waals surface area (Å²) in [5.41, 5.74) is -0.847. The van der Waals surface area contributed by atoms with E-state index in [0.29, 0.717) is 16.5 Å². The van der Waals surface area contributed by atoms with Gasteiger partial charge in [-0.25, -0.2) is 0 Å². The van der Waals surface area contributed by atoms with Crippen LogP contribution >= 0.6 is 23.2 Å². The molecule has 0 aliphatic heterocycles. The Morgan fingerprint density at radius 3 is 2.56 bits per heavy atom. The van der Waals surface area contributed by atoms with E-state index in [-0.39, 0.29) is 12.0 Å². The Morgan fingerprint density at radius 1 is 1.20 bits per heavy atom. The molecule has 1 saturated carbocycles. The summed E-state index contributed by atoms with van der Waals surface area (Å²) in [4.78, 5) is 15.6. The molecule has 1 aliphatic carbocycles. The highest BCUT2D eigenvalue weighted by molar-refractivity contribution is 6.35. The third-order valence-electron chi connectivity index (χ3n) is 4.27. The number of carbonyl (C=O) groups excluding carboxylic acids is 1. The molecule has 1 unspecified atom stereocenters. The van der Waals surface area contributed by atoms with Crippen LogP contribution in [0.1, 0.15) is 40.4 Å². The second-order valence-electron chi connectivity index (χ2n) is 5.83. The highest BCUT2D eigenvalue weighted by atomic mass is 35.5. The normalized spacial score (nSPS) is 20.0. The van der Waals surface area contributed by atoms with E-state index in [0.717, 1.165) is 24.2 Å². The number of carbonyl (C=O) groups is 1. The summed E-state index contributed by atoms with van der Waals surface area (Å²) in [5, 5.41) is 3.64. The lowest BCUT2D eigenvalue weighted by atomic mass is 9.75.